The molecule has 2 aromatic rings. The van der Waals surface area contributed by atoms with Gasteiger partial charge in [-0.25, -0.2) is 4.39 Å². The minimum Gasteiger partial charge on any atom is -0.457 e. The van der Waals surface area contributed by atoms with Crippen LogP contribution in [-0.2, 0) is 6.42 Å². The lowest BCUT2D eigenvalue weighted by Crippen LogP contribution is -2.21. The predicted octanol–water partition coefficient (Wildman–Crippen LogP) is 5.20. The van der Waals surface area contributed by atoms with Gasteiger partial charge in [-0.05, 0) is 37.1 Å². The summed E-state index contributed by atoms with van der Waals surface area (Å²) in [5.74, 6) is 0.576. The monoisotopic (exact) mass is 327 g/mol. The Morgan fingerprint density at radius 3 is 2.62 bits per heavy atom. The van der Waals surface area contributed by atoms with Crippen molar-refractivity contribution in [2.45, 2.75) is 25.8 Å². The second-order valence-electron chi connectivity index (χ2n) is 4.77. The van der Waals surface area contributed by atoms with Crippen molar-refractivity contribution >= 4 is 23.2 Å². The average Bonchev–Trinajstić information content (AvgIpc) is 2.46. The lowest BCUT2D eigenvalue weighted by Gasteiger charge is -2.15. The summed E-state index contributed by atoms with van der Waals surface area (Å²) in [6.45, 7) is 2.02. The van der Waals surface area contributed by atoms with Gasteiger partial charge in [0.2, 0.25) is 0 Å². The molecule has 0 radical (unpaired) electrons. The molecule has 0 heterocycles. The van der Waals surface area contributed by atoms with E-state index in [0.717, 1.165) is 12.0 Å². The topological polar surface area (TPSA) is 35.2 Å². The molecule has 0 aromatic heterocycles. The third-order valence-corrected chi connectivity index (χ3v) is 3.83. The predicted molar refractivity (Wildman–Crippen MR) is 84.9 cm³/mol. The highest BCUT2D eigenvalue weighted by molar-refractivity contribution is 6.31. The van der Waals surface area contributed by atoms with Gasteiger partial charge in [-0.1, -0.05) is 36.2 Å². The zero-order chi connectivity index (χ0) is 15.4. The lowest BCUT2D eigenvalue weighted by molar-refractivity contribution is 0.470. The highest BCUT2D eigenvalue weighted by Crippen LogP contribution is 2.33. The molecule has 1 unspecified atom stereocenters. The second kappa shape index (κ2) is 7.12. The lowest BCUT2D eigenvalue weighted by atomic mass is 10.0. The number of hydrogen-bond donors (Lipinski definition) is 1. The van der Waals surface area contributed by atoms with Crippen molar-refractivity contribution in [3.05, 3.63) is 57.8 Å². The van der Waals surface area contributed by atoms with E-state index in [-0.39, 0.29) is 11.1 Å². The van der Waals surface area contributed by atoms with Crippen molar-refractivity contribution in [2.75, 3.05) is 0 Å². The van der Waals surface area contributed by atoms with Gasteiger partial charge < -0.3 is 10.5 Å². The first-order chi connectivity index (χ1) is 10.0. The fraction of sp³-hybridized carbons (Fsp3) is 0.250. The summed E-state index contributed by atoms with van der Waals surface area (Å²) < 4.78 is 19.0. The van der Waals surface area contributed by atoms with Crippen LogP contribution in [0, 0.1) is 5.82 Å². The van der Waals surface area contributed by atoms with Crippen LogP contribution in [0.4, 0.5) is 4.39 Å². The fourth-order valence-electron chi connectivity index (χ4n) is 1.91. The van der Waals surface area contributed by atoms with Crippen LogP contribution in [0.3, 0.4) is 0 Å². The van der Waals surface area contributed by atoms with E-state index in [0.29, 0.717) is 22.9 Å². The molecular weight excluding hydrogens is 312 g/mol. The largest absolute Gasteiger partial charge is 0.457 e. The van der Waals surface area contributed by atoms with E-state index in [2.05, 4.69) is 0 Å². The Labute approximate surface area is 133 Å². The molecule has 0 saturated carbocycles. The van der Waals surface area contributed by atoms with Crippen LogP contribution in [0.15, 0.2) is 36.4 Å². The van der Waals surface area contributed by atoms with Crippen molar-refractivity contribution < 1.29 is 9.13 Å². The Morgan fingerprint density at radius 1 is 1.19 bits per heavy atom. The zero-order valence-corrected chi connectivity index (χ0v) is 13.1. The second-order valence-corrected chi connectivity index (χ2v) is 5.58. The third kappa shape index (κ3) is 4.10. The molecule has 0 aliphatic heterocycles. The molecule has 0 saturated heterocycles. The van der Waals surface area contributed by atoms with Gasteiger partial charge in [-0.15, -0.1) is 0 Å². The maximum atomic E-state index is 13.2. The zero-order valence-electron chi connectivity index (χ0n) is 11.6. The van der Waals surface area contributed by atoms with Crippen LogP contribution in [0.5, 0.6) is 11.5 Å². The molecule has 5 heteroatoms. The van der Waals surface area contributed by atoms with Gasteiger partial charge in [0.05, 0.1) is 5.02 Å². The summed E-state index contributed by atoms with van der Waals surface area (Å²) in [6, 6.07) is 9.62. The molecule has 0 aliphatic carbocycles. The normalized spacial score (nSPS) is 12.2. The van der Waals surface area contributed by atoms with Gasteiger partial charge >= 0.3 is 0 Å². The van der Waals surface area contributed by atoms with Crippen molar-refractivity contribution in [3.63, 3.8) is 0 Å². The highest BCUT2D eigenvalue weighted by atomic mass is 35.5. The molecule has 0 fully saturated rings. The molecule has 21 heavy (non-hydrogen) atoms. The van der Waals surface area contributed by atoms with Gasteiger partial charge in [0, 0.05) is 22.7 Å². The first-order valence-electron chi connectivity index (χ1n) is 6.67. The molecule has 0 aliphatic rings. The summed E-state index contributed by atoms with van der Waals surface area (Å²) >= 11 is 12.0. The van der Waals surface area contributed by atoms with E-state index in [1.807, 2.05) is 6.92 Å². The Balaban J connectivity index is 2.30. The van der Waals surface area contributed by atoms with E-state index in [1.165, 1.54) is 18.2 Å². The number of rotatable bonds is 5. The standard InChI is InChI=1S/C16H16Cl2FNO/c1-2-10(20)8-12-13(17)4-3-5-16(12)21-11-6-7-15(19)14(18)9-11/h3-7,9-10H,2,8,20H2,1H3. The molecule has 1 atom stereocenters. The van der Waals surface area contributed by atoms with Crippen LogP contribution in [0.25, 0.3) is 0 Å². The van der Waals surface area contributed by atoms with Crippen LogP contribution in [-0.4, -0.2) is 6.04 Å². The average molecular weight is 328 g/mol. The van der Waals surface area contributed by atoms with Crippen molar-refractivity contribution in [3.8, 4) is 11.5 Å². The Morgan fingerprint density at radius 2 is 1.95 bits per heavy atom. The molecule has 2 aromatic carbocycles. The third-order valence-electron chi connectivity index (χ3n) is 3.19. The Kier molecular flexibility index (Phi) is 5.45. The molecule has 0 bridgehead atoms. The van der Waals surface area contributed by atoms with Crippen LogP contribution >= 0.6 is 23.2 Å². The summed E-state index contributed by atoms with van der Waals surface area (Å²) in [5, 5.41) is 0.617. The van der Waals surface area contributed by atoms with Gasteiger partial charge in [0.15, 0.2) is 0 Å². The molecule has 112 valence electrons. The van der Waals surface area contributed by atoms with E-state index >= 15 is 0 Å². The van der Waals surface area contributed by atoms with Crippen LogP contribution in [0.1, 0.15) is 18.9 Å². The first kappa shape index (κ1) is 16.1. The van der Waals surface area contributed by atoms with Gasteiger partial charge in [0.25, 0.3) is 0 Å². The summed E-state index contributed by atoms with van der Waals surface area (Å²) in [5.41, 5.74) is 6.84. The fourth-order valence-corrected chi connectivity index (χ4v) is 2.32. The van der Waals surface area contributed by atoms with Gasteiger partial charge in [-0.2, -0.15) is 0 Å². The minimum atomic E-state index is -0.483. The number of nitrogens with two attached hydrogens (primary N) is 1. The van der Waals surface area contributed by atoms with Crippen molar-refractivity contribution in [1.29, 1.82) is 0 Å². The molecular formula is C16H16Cl2FNO. The quantitative estimate of drug-likeness (QED) is 0.818. The molecule has 2 nitrogen and oxygen atoms in total. The van der Waals surface area contributed by atoms with E-state index in [4.69, 9.17) is 33.7 Å². The van der Waals surface area contributed by atoms with Gasteiger partial charge in [-0.3, -0.25) is 0 Å². The minimum absolute atomic E-state index is 0.00376. The smallest absolute Gasteiger partial charge is 0.142 e. The molecule has 0 amide bonds. The molecule has 2 N–H and O–H groups in total. The Bertz CT molecular complexity index is 634. The summed E-state index contributed by atoms with van der Waals surface area (Å²) in [4.78, 5) is 0. The van der Waals surface area contributed by atoms with E-state index in [9.17, 15) is 4.39 Å². The number of benzene rings is 2. The number of ether oxygens (including phenoxy) is 1. The molecule has 2 rings (SSSR count). The highest BCUT2D eigenvalue weighted by Gasteiger charge is 2.13. The van der Waals surface area contributed by atoms with Crippen molar-refractivity contribution in [2.24, 2.45) is 5.73 Å². The first-order valence-corrected chi connectivity index (χ1v) is 7.42. The van der Waals surface area contributed by atoms with Crippen LogP contribution < -0.4 is 10.5 Å². The van der Waals surface area contributed by atoms with Gasteiger partial charge in [0.1, 0.15) is 17.3 Å². The van der Waals surface area contributed by atoms with Crippen LogP contribution in [0.2, 0.25) is 10.0 Å². The maximum Gasteiger partial charge on any atom is 0.142 e. The number of halogens is 3. The van der Waals surface area contributed by atoms with E-state index in [1.54, 1.807) is 18.2 Å². The number of hydrogen-bond acceptors (Lipinski definition) is 2. The summed E-state index contributed by atoms with van der Waals surface area (Å²) in [6.07, 6.45) is 1.45. The summed E-state index contributed by atoms with van der Waals surface area (Å²) in [7, 11) is 0. The maximum absolute atomic E-state index is 13.2. The SMILES string of the molecule is CCC(N)Cc1c(Cl)cccc1Oc1ccc(F)c(Cl)c1. The molecule has 0 spiro atoms. The van der Waals surface area contributed by atoms with Crippen molar-refractivity contribution in [1.82, 2.24) is 0 Å². The Hall–Kier alpha value is -1.29. The van der Waals surface area contributed by atoms with E-state index < -0.39 is 5.82 Å².